The number of nitrogens with one attached hydrogen (secondary N) is 3. The molecular weight excluding hydrogens is 550 g/mol. The van der Waals surface area contributed by atoms with Crippen LogP contribution in [0, 0.1) is 0 Å². The van der Waals surface area contributed by atoms with Crippen molar-refractivity contribution in [3.8, 4) is 5.75 Å². The number of anilines is 5. The van der Waals surface area contributed by atoms with Gasteiger partial charge in [-0.05, 0) is 64.5 Å². The minimum Gasteiger partial charge on any atom is -0.492 e. The van der Waals surface area contributed by atoms with Gasteiger partial charge in [0.2, 0.25) is 16.0 Å². The van der Waals surface area contributed by atoms with Gasteiger partial charge in [-0.25, -0.2) is 18.1 Å². The summed E-state index contributed by atoms with van der Waals surface area (Å²) in [5, 5.41) is 6.59. The van der Waals surface area contributed by atoms with E-state index in [0.29, 0.717) is 30.0 Å². The molecule has 3 N–H and O–H groups in total. The van der Waals surface area contributed by atoms with Crippen LogP contribution in [-0.2, 0) is 10.0 Å². The van der Waals surface area contributed by atoms with Crippen LogP contribution in [0.5, 0.6) is 5.75 Å². The van der Waals surface area contributed by atoms with Crippen LogP contribution in [0.3, 0.4) is 0 Å². The predicted molar refractivity (Wildman–Crippen MR) is 160 cm³/mol. The number of sulfonamides is 1. The second-order valence-electron chi connectivity index (χ2n) is 10.4. The number of hydrogen-bond donors (Lipinski definition) is 3. The number of rotatable bonds is 11. The van der Waals surface area contributed by atoms with Gasteiger partial charge in [0.25, 0.3) is 0 Å². The quantitative estimate of drug-likeness (QED) is 0.286. The van der Waals surface area contributed by atoms with E-state index in [1.165, 1.54) is 6.20 Å². The lowest BCUT2D eigenvalue weighted by Gasteiger charge is -2.26. The van der Waals surface area contributed by atoms with Crippen LogP contribution in [0.2, 0.25) is 5.02 Å². The monoisotopic (exact) mass is 585 g/mol. The summed E-state index contributed by atoms with van der Waals surface area (Å²) in [6, 6.07) is 13.3. The summed E-state index contributed by atoms with van der Waals surface area (Å²) in [6.07, 6.45) is 5.32. The van der Waals surface area contributed by atoms with Gasteiger partial charge < -0.3 is 25.2 Å². The topological polar surface area (TPSA) is 112 Å². The molecule has 2 aromatic carbocycles. The van der Waals surface area contributed by atoms with E-state index in [9.17, 15) is 8.42 Å². The fourth-order valence-corrected chi connectivity index (χ4v) is 6.47. The number of likely N-dealkylation sites (N-methyl/N-ethyl adjacent to an activating group) is 1. The SMILES string of the molecule is CCOc1cc(N2CC[C@H](N(C)C)C2)ccc1Nc1ncc(Cl)c(Nc2ccccc2S(=O)(=O)NC2CCC2)n1. The molecule has 1 aromatic heterocycles. The van der Waals surface area contributed by atoms with Crippen LogP contribution in [0.1, 0.15) is 32.6 Å². The van der Waals surface area contributed by atoms with Crippen LogP contribution in [-0.4, -0.2) is 69.2 Å². The molecule has 1 saturated heterocycles. The highest BCUT2D eigenvalue weighted by Crippen LogP contribution is 2.35. The molecule has 12 heteroatoms. The summed E-state index contributed by atoms with van der Waals surface area (Å²) >= 11 is 6.43. The Bertz CT molecular complexity index is 1450. The van der Waals surface area contributed by atoms with E-state index in [1.54, 1.807) is 24.3 Å². The van der Waals surface area contributed by atoms with E-state index in [1.807, 2.05) is 19.1 Å². The molecular formula is C28H36ClN7O3S. The molecule has 2 heterocycles. The van der Waals surface area contributed by atoms with Gasteiger partial charge in [-0.1, -0.05) is 30.2 Å². The Morgan fingerprint density at radius 1 is 1.10 bits per heavy atom. The van der Waals surface area contributed by atoms with Crippen LogP contribution in [0.15, 0.2) is 53.6 Å². The highest BCUT2D eigenvalue weighted by molar-refractivity contribution is 7.89. The average Bonchev–Trinajstić information content (AvgIpc) is 3.41. The maximum atomic E-state index is 13.1. The van der Waals surface area contributed by atoms with Crippen molar-refractivity contribution >= 4 is 50.5 Å². The summed E-state index contributed by atoms with van der Waals surface area (Å²) in [5.41, 5.74) is 2.20. The molecule has 0 radical (unpaired) electrons. The van der Waals surface area contributed by atoms with Crippen LogP contribution >= 0.6 is 11.6 Å². The maximum absolute atomic E-state index is 13.1. The van der Waals surface area contributed by atoms with Crippen molar-refractivity contribution in [3.63, 3.8) is 0 Å². The van der Waals surface area contributed by atoms with Crippen molar-refractivity contribution in [1.29, 1.82) is 0 Å². The number of benzene rings is 2. The van der Waals surface area contributed by atoms with Crippen LogP contribution in [0.4, 0.5) is 28.8 Å². The molecule has 10 nitrogen and oxygen atoms in total. The minimum atomic E-state index is -3.71. The van der Waals surface area contributed by atoms with E-state index >= 15 is 0 Å². The second-order valence-corrected chi connectivity index (χ2v) is 12.4. The summed E-state index contributed by atoms with van der Waals surface area (Å²) in [7, 11) is 0.522. The standard InChI is InChI=1S/C28H36ClN7O3S/c1-4-39-25-16-20(36-15-14-21(18-36)35(2)3)12-13-23(25)32-28-30-17-22(29)27(33-28)31-24-10-5-6-11-26(24)40(37,38)34-19-8-7-9-19/h5-6,10-13,16-17,19,21,34H,4,7-9,14-15,18H2,1-3H3,(H2,30,31,32,33)/t21-/m0/s1. The Balaban J connectivity index is 1.36. The molecule has 2 aliphatic rings. The van der Waals surface area contributed by atoms with Gasteiger partial charge in [-0.2, -0.15) is 4.98 Å². The largest absolute Gasteiger partial charge is 0.492 e. The summed E-state index contributed by atoms with van der Waals surface area (Å²) < 4.78 is 34.9. The third-order valence-corrected chi connectivity index (χ3v) is 9.23. The lowest BCUT2D eigenvalue weighted by molar-refractivity contribution is 0.315. The number of ether oxygens (including phenoxy) is 1. The first-order chi connectivity index (χ1) is 19.2. The molecule has 1 saturated carbocycles. The maximum Gasteiger partial charge on any atom is 0.242 e. The van der Waals surface area contributed by atoms with E-state index in [0.717, 1.165) is 50.1 Å². The zero-order valence-electron chi connectivity index (χ0n) is 23.0. The predicted octanol–water partition coefficient (Wildman–Crippen LogP) is 4.99. The first-order valence-electron chi connectivity index (χ1n) is 13.6. The van der Waals surface area contributed by atoms with Crippen molar-refractivity contribution < 1.29 is 13.2 Å². The summed E-state index contributed by atoms with van der Waals surface area (Å²) in [6.45, 7) is 4.41. The van der Waals surface area contributed by atoms with Gasteiger partial charge in [-0.3, -0.25) is 0 Å². The van der Waals surface area contributed by atoms with Gasteiger partial charge in [0.05, 0.1) is 24.2 Å². The fourth-order valence-electron chi connectivity index (χ4n) is 4.86. The zero-order valence-corrected chi connectivity index (χ0v) is 24.6. The number of nitrogens with zero attached hydrogens (tertiary/aromatic N) is 4. The van der Waals surface area contributed by atoms with Crippen molar-refractivity contribution in [2.75, 3.05) is 49.3 Å². The molecule has 3 aromatic rings. The van der Waals surface area contributed by atoms with Gasteiger partial charge >= 0.3 is 0 Å². The van der Waals surface area contributed by atoms with E-state index in [2.05, 4.69) is 55.3 Å². The number of para-hydroxylation sites is 1. The molecule has 5 rings (SSSR count). The third kappa shape index (κ3) is 6.43. The Labute approximate surface area is 241 Å². The van der Waals surface area contributed by atoms with Crippen molar-refractivity contribution in [2.24, 2.45) is 0 Å². The Kier molecular flexibility index (Phi) is 8.65. The number of hydrogen-bond acceptors (Lipinski definition) is 9. The van der Waals surface area contributed by atoms with Gasteiger partial charge in [0.15, 0.2) is 5.82 Å². The van der Waals surface area contributed by atoms with Gasteiger partial charge in [0, 0.05) is 36.9 Å². The molecule has 0 bridgehead atoms. The molecule has 0 amide bonds. The van der Waals surface area contributed by atoms with E-state index < -0.39 is 10.0 Å². The van der Waals surface area contributed by atoms with Crippen molar-refractivity contribution in [1.82, 2.24) is 19.6 Å². The normalized spacial score (nSPS) is 17.6. The second kappa shape index (κ2) is 12.2. The van der Waals surface area contributed by atoms with Crippen molar-refractivity contribution in [2.45, 2.75) is 49.6 Å². The smallest absolute Gasteiger partial charge is 0.242 e. The first kappa shape index (κ1) is 28.4. The number of aromatic nitrogens is 2. The fraction of sp³-hybridized carbons (Fsp3) is 0.429. The van der Waals surface area contributed by atoms with Crippen LogP contribution in [0.25, 0.3) is 0 Å². The average molecular weight is 586 g/mol. The molecule has 0 unspecified atom stereocenters. The number of halogens is 1. The molecule has 1 aliphatic carbocycles. The minimum absolute atomic E-state index is 0.0256. The molecule has 1 atom stereocenters. The molecule has 214 valence electrons. The first-order valence-corrected chi connectivity index (χ1v) is 15.5. The van der Waals surface area contributed by atoms with Gasteiger partial charge in [-0.15, -0.1) is 0 Å². The molecule has 0 spiro atoms. The lowest BCUT2D eigenvalue weighted by atomic mass is 9.94. The third-order valence-electron chi connectivity index (χ3n) is 7.37. The van der Waals surface area contributed by atoms with Crippen LogP contribution < -0.4 is 25.0 Å². The Hall–Kier alpha value is -3.12. The Morgan fingerprint density at radius 2 is 1.90 bits per heavy atom. The van der Waals surface area contributed by atoms with Gasteiger partial charge in [0.1, 0.15) is 15.7 Å². The Morgan fingerprint density at radius 3 is 2.60 bits per heavy atom. The highest BCUT2D eigenvalue weighted by atomic mass is 35.5. The van der Waals surface area contributed by atoms with E-state index in [-0.39, 0.29) is 21.8 Å². The molecule has 40 heavy (non-hydrogen) atoms. The van der Waals surface area contributed by atoms with E-state index in [4.69, 9.17) is 16.3 Å². The van der Waals surface area contributed by atoms with Crippen molar-refractivity contribution in [3.05, 3.63) is 53.7 Å². The summed E-state index contributed by atoms with van der Waals surface area (Å²) in [4.78, 5) is 13.7. The molecule has 1 aliphatic heterocycles. The molecule has 2 fully saturated rings. The zero-order chi connectivity index (χ0) is 28.3. The summed E-state index contributed by atoms with van der Waals surface area (Å²) in [5.74, 6) is 1.27. The highest BCUT2D eigenvalue weighted by Gasteiger charge is 2.27. The lowest BCUT2D eigenvalue weighted by Crippen LogP contribution is -2.39.